The van der Waals surface area contributed by atoms with Crippen molar-refractivity contribution in [3.05, 3.63) is 102 Å². The van der Waals surface area contributed by atoms with Gasteiger partial charge in [-0.15, -0.1) is 0 Å². The van der Waals surface area contributed by atoms with Crippen LogP contribution >= 0.6 is 0 Å². The molecule has 42 heavy (non-hydrogen) atoms. The predicted octanol–water partition coefficient (Wildman–Crippen LogP) is 9.58. The minimum atomic E-state index is -0.0473. The lowest BCUT2D eigenvalue weighted by Gasteiger charge is -2.21. The molecule has 7 rings (SSSR count). The smallest absolute Gasteiger partial charge is 0.157 e. The highest BCUT2D eigenvalue weighted by molar-refractivity contribution is 6.15. The molecule has 0 aliphatic heterocycles. The second kappa shape index (κ2) is 9.38. The van der Waals surface area contributed by atoms with Crippen LogP contribution in [0.4, 0.5) is 0 Å². The van der Waals surface area contributed by atoms with Crippen molar-refractivity contribution in [2.45, 2.75) is 52.4 Å². The van der Waals surface area contributed by atoms with E-state index in [9.17, 15) is 0 Å². The summed E-state index contributed by atoms with van der Waals surface area (Å²) in [6.07, 6.45) is 1.87. The van der Waals surface area contributed by atoms with E-state index in [1.807, 2.05) is 42.6 Å². The minimum Gasteiger partial charge on any atom is -0.353 e. The minimum absolute atomic E-state index is 0.0196. The van der Waals surface area contributed by atoms with Gasteiger partial charge in [0.2, 0.25) is 0 Å². The first-order valence-corrected chi connectivity index (χ1v) is 14.5. The topological polar surface area (TPSA) is 70.2 Å². The fourth-order valence-electron chi connectivity index (χ4n) is 5.69. The van der Waals surface area contributed by atoms with Crippen molar-refractivity contribution >= 4 is 32.8 Å². The Labute approximate surface area is 246 Å². The fourth-order valence-corrected chi connectivity index (χ4v) is 5.69. The molecule has 0 unspecified atom stereocenters. The van der Waals surface area contributed by atoms with Gasteiger partial charge in [0.05, 0.1) is 33.5 Å². The van der Waals surface area contributed by atoms with Crippen LogP contribution in [0.15, 0.2) is 91.1 Å². The number of nitrogens with zero attached hydrogens (tertiary/aromatic N) is 3. The van der Waals surface area contributed by atoms with E-state index in [0.717, 1.165) is 56.1 Å². The summed E-state index contributed by atoms with van der Waals surface area (Å²) in [5, 5.41) is 2.41. The molecular formula is C37H35N5. The molecule has 7 aromatic rings. The molecule has 208 valence electrons. The molecule has 5 nitrogen and oxygen atoms in total. The molecule has 5 heteroatoms. The Balaban J connectivity index is 1.52. The lowest BCUT2D eigenvalue weighted by Crippen LogP contribution is -2.11. The van der Waals surface area contributed by atoms with Gasteiger partial charge < -0.3 is 9.97 Å². The second-order valence-corrected chi connectivity index (χ2v) is 13.2. The number of imidazole rings is 1. The lowest BCUT2D eigenvalue weighted by molar-refractivity contribution is 0.590. The summed E-state index contributed by atoms with van der Waals surface area (Å²) in [4.78, 5) is 22.0. The number of rotatable bonds is 3. The summed E-state index contributed by atoms with van der Waals surface area (Å²) >= 11 is 0. The SMILES string of the molecule is CC(C)(C)c1cc(-c2ccccn2)c2[nH]c3c(-c4cccc(-c5nc6ccccc6[nH]5)n4)cc(C(C)(C)C)cc3c2c1. The second-order valence-electron chi connectivity index (χ2n) is 13.2. The fraction of sp³-hybridized carbons (Fsp3) is 0.216. The molecule has 2 N–H and O–H groups in total. The third-order valence-electron chi connectivity index (χ3n) is 8.15. The number of hydrogen-bond donors (Lipinski definition) is 2. The number of fused-ring (bicyclic) bond motifs is 4. The molecule has 0 spiro atoms. The van der Waals surface area contributed by atoms with Gasteiger partial charge in [-0.05, 0) is 82.6 Å². The molecule has 0 saturated carbocycles. The van der Waals surface area contributed by atoms with Gasteiger partial charge in [0, 0.05) is 28.1 Å². The first-order valence-electron chi connectivity index (χ1n) is 14.5. The first kappa shape index (κ1) is 26.1. The van der Waals surface area contributed by atoms with Crippen molar-refractivity contribution in [2.75, 3.05) is 0 Å². The highest BCUT2D eigenvalue weighted by Crippen LogP contribution is 2.42. The van der Waals surface area contributed by atoms with Gasteiger partial charge in [-0.3, -0.25) is 4.98 Å². The van der Waals surface area contributed by atoms with Crippen LogP contribution in [0.25, 0.3) is 66.9 Å². The summed E-state index contributed by atoms with van der Waals surface area (Å²) in [5.41, 5.74) is 11.5. The normalized spacial score (nSPS) is 12.5. The summed E-state index contributed by atoms with van der Waals surface area (Å²) in [7, 11) is 0. The Hall–Kier alpha value is -4.77. The number of pyridine rings is 2. The lowest BCUT2D eigenvalue weighted by atomic mass is 9.83. The van der Waals surface area contributed by atoms with Crippen molar-refractivity contribution in [3.8, 4) is 34.0 Å². The van der Waals surface area contributed by atoms with Crippen molar-refractivity contribution in [2.24, 2.45) is 0 Å². The van der Waals surface area contributed by atoms with Crippen LogP contribution in [0.3, 0.4) is 0 Å². The van der Waals surface area contributed by atoms with E-state index in [1.54, 1.807) is 0 Å². The van der Waals surface area contributed by atoms with E-state index < -0.39 is 0 Å². The molecule has 0 fully saturated rings. The molecule has 4 heterocycles. The monoisotopic (exact) mass is 549 g/mol. The Kier molecular flexibility index (Phi) is 5.84. The van der Waals surface area contributed by atoms with Crippen molar-refractivity contribution in [3.63, 3.8) is 0 Å². The quantitative estimate of drug-likeness (QED) is 0.230. The van der Waals surface area contributed by atoms with Gasteiger partial charge >= 0.3 is 0 Å². The van der Waals surface area contributed by atoms with Gasteiger partial charge in [-0.25, -0.2) is 9.97 Å². The van der Waals surface area contributed by atoms with Gasteiger partial charge in [-0.1, -0.05) is 65.8 Å². The molecule has 0 atom stereocenters. The molecule has 0 aliphatic rings. The van der Waals surface area contributed by atoms with Gasteiger partial charge in [0.15, 0.2) is 5.82 Å². The number of aromatic nitrogens is 5. The highest BCUT2D eigenvalue weighted by Gasteiger charge is 2.24. The van der Waals surface area contributed by atoms with E-state index in [1.165, 1.54) is 21.9 Å². The predicted molar refractivity (Wildman–Crippen MR) is 175 cm³/mol. The van der Waals surface area contributed by atoms with Crippen molar-refractivity contribution < 1.29 is 0 Å². The van der Waals surface area contributed by atoms with Crippen LogP contribution in [-0.4, -0.2) is 24.9 Å². The van der Waals surface area contributed by atoms with Crippen LogP contribution in [-0.2, 0) is 10.8 Å². The Morgan fingerprint density at radius 3 is 1.76 bits per heavy atom. The summed E-state index contributed by atoms with van der Waals surface area (Å²) in [6, 6.07) is 29.7. The van der Waals surface area contributed by atoms with Gasteiger partial charge in [0.25, 0.3) is 0 Å². The number of para-hydroxylation sites is 2. The van der Waals surface area contributed by atoms with E-state index in [2.05, 4.69) is 100 Å². The molecule has 0 bridgehead atoms. The summed E-state index contributed by atoms with van der Waals surface area (Å²) in [5.74, 6) is 0.769. The van der Waals surface area contributed by atoms with Crippen LogP contribution in [0.2, 0.25) is 0 Å². The molecule has 4 aromatic heterocycles. The van der Waals surface area contributed by atoms with E-state index in [4.69, 9.17) is 15.0 Å². The Morgan fingerprint density at radius 1 is 0.548 bits per heavy atom. The average molecular weight is 550 g/mol. The van der Waals surface area contributed by atoms with Gasteiger partial charge in [0.1, 0.15) is 5.69 Å². The number of hydrogen-bond acceptors (Lipinski definition) is 3. The molecule has 0 aliphatic carbocycles. The van der Waals surface area contributed by atoms with Crippen LogP contribution in [0.5, 0.6) is 0 Å². The van der Waals surface area contributed by atoms with Crippen molar-refractivity contribution in [1.82, 2.24) is 24.9 Å². The van der Waals surface area contributed by atoms with E-state index in [-0.39, 0.29) is 10.8 Å². The van der Waals surface area contributed by atoms with Crippen LogP contribution in [0, 0.1) is 0 Å². The number of aromatic amines is 2. The summed E-state index contributed by atoms with van der Waals surface area (Å²) in [6.45, 7) is 13.6. The molecule has 0 amide bonds. The zero-order valence-electron chi connectivity index (χ0n) is 25.0. The van der Waals surface area contributed by atoms with Crippen LogP contribution < -0.4 is 0 Å². The Bertz CT molecular complexity index is 2070. The third kappa shape index (κ3) is 4.46. The highest BCUT2D eigenvalue weighted by atomic mass is 14.9. The summed E-state index contributed by atoms with van der Waals surface area (Å²) < 4.78 is 0. The Morgan fingerprint density at radius 2 is 1.14 bits per heavy atom. The third-order valence-corrected chi connectivity index (χ3v) is 8.15. The number of nitrogens with one attached hydrogen (secondary N) is 2. The molecule has 0 saturated heterocycles. The van der Waals surface area contributed by atoms with Crippen LogP contribution in [0.1, 0.15) is 52.7 Å². The molecular weight excluding hydrogens is 514 g/mol. The maximum absolute atomic E-state index is 5.16. The van der Waals surface area contributed by atoms with Gasteiger partial charge in [-0.2, -0.15) is 0 Å². The first-order chi connectivity index (χ1) is 20.1. The zero-order valence-corrected chi connectivity index (χ0v) is 25.0. The number of benzene rings is 3. The number of H-pyrrole nitrogens is 2. The zero-order chi connectivity index (χ0) is 29.2. The maximum Gasteiger partial charge on any atom is 0.157 e. The van der Waals surface area contributed by atoms with E-state index in [0.29, 0.717) is 0 Å². The van der Waals surface area contributed by atoms with E-state index >= 15 is 0 Å². The largest absolute Gasteiger partial charge is 0.353 e. The maximum atomic E-state index is 5.16. The molecule has 3 aromatic carbocycles. The van der Waals surface area contributed by atoms with Crippen molar-refractivity contribution in [1.29, 1.82) is 0 Å². The molecule has 0 radical (unpaired) electrons. The standard InChI is InChI=1S/C37H35N5/c1-36(2,3)22-18-24-25-19-23(37(4,5)6)21-27(34(25)42-33(24)26(20-22)28-12-9-10-17-38-28)29-15-11-16-32(39-29)35-40-30-13-7-8-14-31(30)41-35/h7-21,42H,1-6H3,(H,40,41). The average Bonchev–Trinajstić information content (AvgIpc) is 3.58.